The van der Waals surface area contributed by atoms with Crippen molar-refractivity contribution in [1.82, 2.24) is 9.80 Å². The highest BCUT2D eigenvalue weighted by atomic mass is 35.5. The largest absolute Gasteiger partial charge is 0.373 e. The molecule has 4 nitrogen and oxygen atoms in total. The highest BCUT2D eigenvalue weighted by Crippen LogP contribution is 2.22. The van der Waals surface area contributed by atoms with Crippen LogP contribution in [0.2, 0.25) is 5.02 Å². The fourth-order valence-electron chi connectivity index (χ4n) is 2.73. The molecule has 1 saturated heterocycles. The molecule has 1 unspecified atom stereocenters. The minimum absolute atomic E-state index is 0.0267. The Labute approximate surface area is 138 Å². The van der Waals surface area contributed by atoms with Gasteiger partial charge in [0, 0.05) is 25.2 Å². The molecule has 0 bridgehead atoms. The predicted molar refractivity (Wildman–Crippen MR) is 89.1 cm³/mol. The van der Waals surface area contributed by atoms with Crippen LogP contribution in [0.4, 0.5) is 0 Å². The number of hydrogen-bond donors (Lipinski definition) is 0. The number of ether oxygens (including phenoxy) is 1. The lowest BCUT2D eigenvalue weighted by Gasteiger charge is -2.38. The van der Waals surface area contributed by atoms with E-state index in [0.29, 0.717) is 18.2 Å². The van der Waals surface area contributed by atoms with E-state index in [4.69, 9.17) is 16.3 Å². The number of halogens is 1. The molecular weight excluding hydrogens is 300 g/mol. The van der Waals surface area contributed by atoms with Crippen molar-refractivity contribution >= 4 is 17.5 Å². The summed E-state index contributed by atoms with van der Waals surface area (Å²) in [6.07, 6.45) is 0. The van der Waals surface area contributed by atoms with E-state index < -0.39 is 0 Å². The fraction of sp³-hybridized carbons (Fsp3) is 0.588. The second-order valence-electron chi connectivity index (χ2n) is 6.55. The molecule has 1 amide bonds. The van der Waals surface area contributed by atoms with Crippen LogP contribution >= 0.6 is 11.6 Å². The summed E-state index contributed by atoms with van der Waals surface area (Å²) in [5.41, 5.74) is 0.904. The van der Waals surface area contributed by atoms with E-state index >= 15 is 0 Å². The van der Waals surface area contributed by atoms with Gasteiger partial charge < -0.3 is 9.64 Å². The molecule has 1 aliphatic rings. The summed E-state index contributed by atoms with van der Waals surface area (Å²) in [7, 11) is 1.85. The van der Waals surface area contributed by atoms with Crippen molar-refractivity contribution in [2.24, 2.45) is 0 Å². The maximum atomic E-state index is 12.5. The number of likely N-dealkylation sites (N-methyl/N-ethyl adjacent to an activating group) is 1. The lowest BCUT2D eigenvalue weighted by atomic mass is 10.1. The zero-order valence-electron chi connectivity index (χ0n) is 13.8. The number of amides is 1. The topological polar surface area (TPSA) is 32.8 Å². The van der Waals surface area contributed by atoms with Crippen molar-refractivity contribution in [3.8, 4) is 0 Å². The molecule has 0 aromatic heterocycles. The van der Waals surface area contributed by atoms with Gasteiger partial charge in [-0.3, -0.25) is 9.69 Å². The Bertz CT molecular complexity index is 516. The number of carbonyl (C=O) groups is 1. The highest BCUT2D eigenvalue weighted by Gasteiger charge is 2.29. The molecule has 1 aromatic carbocycles. The smallest absolute Gasteiger partial charge is 0.236 e. The van der Waals surface area contributed by atoms with Gasteiger partial charge in [0.2, 0.25) is 5.91 Å². The Morgan fingerprint density at radius 1 is 1.41 bits per heavy atom. The molecule has 1 atom stereocenters. The van der Waals surface area contributed by atoms with E-state index in [1.165, 1.54) is 0 Å². The molecule has 1 heterocycles. The number of morpholine rings is 1. The summed E-state index contributed by atoms with van der Waals surface area (Å²) >= 11 is 5.91. The minimum Gasteiger partial charge on any atom is -0.373 e. The van der Waals surface area contributed by atoms with Gasteiger partial charge in [-0.2, -0.15) is 0 Å². The van der Waals surface area contributed by atoms with Gasteiger partial charge in [-0.1, -0.05) is 23.7 Å². The first-order valence-corrected chi connectivity index (χ1v) is 8.04. The molecule has 0 saturated carbocycles. The Balaban J connectivity index is 1.95. The summed E-state index contributed by atoms with van der Waals surface area (Å²) in [6.45, 7) is 8.84. The van der Waals surface area contributed by atoms with Crippen LogP contribution in [0, 0.1) is 0 Å². The predicted octanol–water partition coefficient (Wildman–Crippen LogP) is 2.97. The van der Waals surface area contributed by atoms with Crippen LogP contribution in [0.3, 0.4) is 0 Å². The van der Waals surface area contributed by atoms with Crippen LogP contribution in [0.25, 0.3) is 0 Å². The van der Waals surface area contributed by atoms with Crippen LogP contribution < -0.4 is 0 Å². The third kappa shape index (κ3) is 4.45. The molecular formula is C17H25ClN2O2. The average molecular weight is 325 g/mol. The van der Waals surface area contributed by atoms with E-state index in [1.807, 2.05) is 38.2 Å². The van der Waals surface area contributed by atoms with Crippen LogP contribution in [-0.4, -0.2) is 54.6 Å². The normalized spacial score (nSPS) is 19.7. The van der Waals surface area contributed by atoms with Gasteiger partial charge in [0.05, 0.1) is 24.8 Å². The van der Waals surface area contributed by atoms with Crippen LogP contribution in [0.5, 0.6) is 0 Å². The fourth-order valence-corrected chi connectivity index (χ4v) is 2.86. The molecule has 122 valence electrons. The van der Waals surface area contributed by atoms with E-state index in [-0.39, 0.29) is 17.6 Å². The van der Waals surface area contributed by atoms with E-state index in [2.05, 4.69) is 18.7 Å². The third-order valence-corrected chi connectivity index (χ3v) is 4.44. The van der Waals surface area contributed by atoms with Crippen LogP contribution in [0.15, 0.2) is 24.3 Å². The molecule has 0 spiro atoms. The van der Waals surface area contributed by atoms with Gasteiger partial charge in [-0.05, 0) is 38.5 Å². The molecule has 1 aliphatic heterocycles. The van der Waals surface area contributed by atoms with Crippen molar-refractivity contribution in [2.45, 2.75) is 32.4 Å². The first-order chi connectivity index (χ1) is 10.3. The minimum atomic E-state index is -0.182. The van der Waals surface area contributed by atoms with Crippen molar-refractivity contribution in [3.63, 3.8) is 0 Å². The van der Waals surface area contributed by atoms with E-state index in [1.54, 1.807) is 4.90 Å². The van der Waals surface area contributed by atoms with Crippen molar-refractivity contribution < 1.29 is 9.53 Å². The van der Waals surface area contributed by atoms with Crippen molar-refractivity contribution in [2.75, 3.05) is 33.3 Å². The summed E-state index contributed by atoms with van der Waals surface area (Å²) in [5, 5.41) is 0.709. The second kappa shape index (κ2) is 6.99. The summed E-state index contributed by atoms with van der Waals surface area (Å²) in [5.74, 6) is 0.125. The Hall–Kier alpha value is -1.10. The Kier molecular flexibility index (Phi) is 5.48. The summed E-state index contributed by atoms with van der Waals surface area (Å²) in [4.78, 5) is 16.5. The number of benzene rings is 1. The second-order valence-corrected chi connectivity index (χ2v) is 6.99. The van der Waals surface area contributed by atoms with Crippen molar-refractivity contribution in [1.29, 1.82) is 0 Å². The first kappa shape index (κ1) is 17.3. The summed E-state index contributed by atoms with van der Waals surface area (Å²) in [6, 6.07) is 7.68. The van der Waals surface area contributed by atoms with Crippen LogP contribution in [-0.2, 0) is 9.53 Å². The average Bonchev–Trinajstić information content (AvgIpc) is 2.45. The highest BCUT2D eigenvalue weighted by molar-refractivity contribution is 6.30. The lowest BCUT2D eigenvalue weighted by molar-refractivity contribution is -0.137. The third-order valence-electron chi connectivity index (χ3n) is 4.19. The Morgan fingerprint density at radius 3 is 2.64 bits per heavy atom. The molecule has 5 heteroatoms. The Morgan fingerprint density at radius 2 is 2.05 bits per heavy atom. The van der Waals surface area contributed by atoms with Crippen LogP contribution in [0.1, 0.15) is 32.4 Å². The van der Waals surface area contributed by atoms with Gasteiger partial charge in [0.15, 0.2) is 0 Å². The lowest BCUT2D eigenvalue weighted by Crippen LogP contribution is -2.51. The van der Waals surface area contributed by atoms with Gasteiger partial charge in [-0.25, -0.2) is 0 Å². The monoisotopic (exact) mass is 324 g/mol. The standard InChI is InChI=1S/C17H25ClN2O2/c1-13(14-5-7-15(18)8-6-14)19(4)16(21)11-20-9-10-22-17(2,3)12-20/h5-8,13H,9-12H2,1-4H3. The number of nitrogens with zero attached hydrogens (tertiary/aromatic N) is 2. The molecule has 1 aromatic rings. The molecule has 0 radical (unpaired) electrons. The zero-order chi connectivity index (χ0) is 16.3. The van der Waals surface area contributed by atoms with Gasteiger partial charge in [-0.15, -0.1) is 0 Å². The van der Waals surface area contributed by atoms with Crippen molar-refractivity contribution in [3.05, 3.63) is 34.9 Å². The first-order valence-electron chi connectivity index (χ1n) is 7.66. The molecule has 2 rings (SSSR count). The quantitative estimate of drug-likeness (QED) is 0.853. The molecule has 0 N–H and O–H groups in total. The van der Waals surface area contributed by atoms with Gasteiger partial charge in [0.25, 0.3) is 0 Å². The molecule has 1 fully saturated rings. The number of rotatable bonds is 4. The van der Waals surface area contributed by atoms with E-state index in [9.17, 15) is 4.79 Å². The number of carbonyl (C=O) groups excluding carboxylic acids is 1. The maximum absolute atomic E-state index is 12.5. The maximum Gasteiger partial charge on any atom is 0.236 e. The summed E-state index contributed by atoms with van der Waals surface area (Å²) < 4.78 is 5.69. The SMILES string of the molecule is CC(c1ccc(Cl)cc1)N(C)C(=O)CN1CCOC(C)(C)C1. The van der Waals surface area contributed by atoms with E-state index in [0.717, 1.165) is 18.7 Å². The zero-order valence-corrected chi connectivity index (χ0v) is 14.6. The molecule has 22 heavy (non-hydrogen) atoms. The molecule has 0 aliphatic carbocycles. The number of hydrogen-bond acceptors (Lipinski definition) is 3. The van der Waals surface area contributed by atoms with Gasteiger partial charge in [0.1, 0.15) is 0 Å². The van der Waals surface area contributed by atoms with Gasteiger partial charge >= 0.3 is 0 Å².